The van der Waals surface area contributed by atoms with E-state index >= 15 is 0 Å². The highest BCUT2D eigenvalue weighted by atomic mass is 16.3. The van der Waals surface area contributed by atoms with Crippen molar-refractivity contribution in [3.05, 3.63) is 33.1 Å². The molecule has 0 aliphatic heterocycles. The van der Waals surface area contributed by atoms with E-state index in [9.17, 15) is 14.7 Å². The fourth-order valence-corrected chi connectivity index (χ4v) is 1.34. The molecule has 16 heavy (non-hydrogen) atoms. The molecule has 0 bridgehead atoms. The van der Waals surface area contributed by atoms with Gasteiger partial charge in [0.15, 0.2) is 0 Å². The number of hydrogen-bond acceptors (Lipinski definition) is 4. The molecular formula is C10H17N3O3. The van der Waals surface area contributed by atoms with Gasteiger partial charge in [0.05, 0.1) is 12.6 Å². The average Bonchev–Trinajstić information content (AvgIpc) is 2.27. The Labute approximate surface area is 93.1 Å². The number of nitrogens with zero attached hydrogens (tertiary/aromatic N) is 2. The van der Waals surface area contributed by atoms with Crippen molar-refractivity contribution in [1.82, 2.24) is 14.5 Å². The molecule has 0 saturated heterocycles. The molecule has 2 N–H and O–H groups in total. The van der Waals surface area contributed by atoms with Gasteiger partial charge < -0.3 is 19.6 Å². The summed E-state index contributed by atoms with van der Waals surface area (Å²) in [6.45, 7) is 3.21. The molecule has 1 atom stereocenters. The van der Waals surface area contributed by atoms with Gasteiger partial charge in [-0.1, -0.05) is 6.92 Å². The molecule has 0 fully saturated rings. The minimum Gasteiger partial charge on any atom is -0.390 e. The maximum Gasteiger partial charge on any atom is 0.316 e. The highest BCUT2D eigenvalue weighted by Crippen LogP contribution is 1.86. The summed E-state index contributed by atoms with van der Waals surface area (Å²) in [4.78, 5) is 22.8. The molecule has 0 aromatic carbocycles. The number of aliphatic hydroxyl groups is 1. The zero-order chi connectivity index (χ0) is 12.1. The standard InChI is InChI=1S/C10H17N3O3/c1-3-11-6-8(14)7-13-5-4-12(2)9(15)10(13)16/h4-5,8,11,14H,3,6-7H2,1-2H3. The quantitative estimate of drug-likeness (QED) is 0.601. The van der Waals surface area contributed by atoms with Crippen LogP contribution in [0.4, 0.5) is 0 Å². The third kappa shape index (κ3) is 3.04. The minimum atomic E-state index is -0.676. The number of nitrogens with one attached hydrogen (secondary N) is 1. The first kappa shape index (κ1) is 12.7. The number of aromatic nitrogens is 2. The molecule has 0 spiro atoms. The van der Waals surface area contributed by atoms with Gasteiger partial charge in [-0.2, -0.15) is 0 Å². The van der Waals surface area contributed by atoms with Crippen molar-refractivity contribution in [2.45, 2.75) is 19.6 Å². The molecule has 6 nitrogen and oxygen atoms in total. The summed E-state index contributed by atoms with van der Waals surface area (Å²) in [5, 5.41) is 12.6. The maximum absolute atomic E-state index is 11.5. The first-order valence-corrected chi connectivity index (χ1v) is 5.21. The largest absolute Gasteiger partial charge is 0.390 e. The summed E-state index contributed by atoms with van der Waals surface area (Å²) in [7, 11) is 1.52. The van der Waals surface area contributed by atoms with Crippen molar-refractivity contribution in [2.24, 2.45) is 7.05 Å². The molecule has 0 saturated carbocycles. The molecule has 90 valence electrons. The molecular weight excluding hydrogens is 210 g/mol. The Morgan fingerprint density at radius 2 is 2.06 bits per heavy atom. The average molecular weight is 227 g/mol. The van der Waals surface area contributed by atoms with Crippen molar-refractivity contribution < 1.29 is 5.11 Å². The lowest BCUT2D eigenvalue weighted by atomic mass is 10.3. The Kier molecular flexibility index (Phi) is 4.45. The zero-order valence-electron chi connectivity index (χ0n) is 9.51. The van der Waals surface area contributed by atoms with Crippen molar-refractivity contribution in [3.8, 4) is 0 Å². The first-order chi connectivity index (χ1) is 7.56. The Bertz CT molecular complexity index is 449. The van der Waals surface area contributed by atoms with Crippen LogP contribution >= 0.6 is 0 Å². The van der Waals surface area contributed by atoms with Crippen LogP contribution in [0.2, 0.25) is 0 Å². The molecule has 0 radical (unpaired) electrons. The minimum absolute atomic E-state index is 0.127. The lowest BCUT2D eigenvalue weighted by Gasteiger charge is -2.12. The molecule has 1 unspecified atom stereocenters. The van der Waals surface area contributed by atoms with Gasteiger partial charge in [0.1, 0.15) is 0 Å². The summed E-state index contributed by atoms with van der Waals surface area (Å²) >= 11 is 0. The smallest absolute Gasteiger partial charge is 0.316 e. The van der Waals surface area contributed by atoms with Gasteiger partial charge >= 0.3 is 11.1 Å². The van der Waals surface area contributed by atoms with E-state index in [2.05, 4.69) is 5.32 Å². The molecule has 1 aromatic heterocycles. The van der Waals surface area contributed by atoms with E-state index in [4.69, 9.17) is 0 Å². The highest BCUT2D eigenvalue weighted by molar-refractivity contribution is 4.85. The van der Waals surface area contributed by atoms with Crippen molar-refractivity contribution in [2.75, 3.05) is 13.1 Å². The van der Waals surface area contributed by atoms with Crippen LogP contribution < -0.4 is 16.4 Å². The van der Waals surface area contributed by atoms with Crippen LogP contribution in [0, 0.1) is 0 Å². The third-order valence-electron chi connectivity index (χ3n) is 2.27. The summed E-state index contributed by atoms with van der Waals surface area (Å²) in [6.07, 6.45) is 2.33. The summed E-state index contributed by atoms with van der Waals surface area (Å²) in [6, 6.07) is 0. The van der Waals surface area contributed by atoms with E-state index < -0.39 is 17.2 Å². The Morgan fingerprint density at radius 3 is 2.69 bits per heavy atom. The van der Waals surface area contributed by atoms with Gasteiger partial charge in [-0.3, -0.25) is 9.59 Å². The number of rotatable bonds is 5. The number of likely N-dealkylation sites (N-methyl/N-ethyl adjacent to an activating group) is 1. The fourth-order valence-electron chi connectivity index (χ4n) is 1.34. The molecule has 0 aliphatic rings. The van der Waals surface area contributed by atoms with Crippen LogP contribution in [-0.2, 0) is 13.6 Å². The van der Waals surface area contributed by atoms with Crippen molar-refractivity contribution in [3.63, 3.8) is 0 Å². The number of hydrogen-bond donors (Lipinski definition) is 2. The van der Waals surface area contributed by atoms with Gasteiger partial charge in [0.25, 0.3) is 0 Å². The monoisotopic (exact) mass is 227 g/mol. The van der Waals surface area contributed by atoms with E-state index in [0.717, 1.165) is 6.54 Å². The molecule has 1 rings (SSSR count). The van der Waals surface area contributed by atoms with E-state index in [1.165, 1.54) is 28.6 Å². The van der Waals surface area contributed by atoms with Crippen LogP contribution in [0.3, 0.4) is 0 Å². The third-order valence-corrected chi connectivity index (χ3v) is 2.27. The molecule has 1 heterocycles. The van der Waals surface area contributed by atoms with Crippen LogP contribution in [0.15, 0.2) is 22.0 Å². The second-order valence-electron chi connectivity index (χ2n) is 3.63. The maximum atomic E-state index is 11.5. The Hall–Kier alpha value is -1.40. The highest BCUT2D eigenvalue weighted by Gasteiger charge is 2.07. The lowest BCUT2D eigenvalue weighted by Crippen LogP contribution is -2.42. The van der Waals surface area contributed by atoms with Crippen LogP contribution in [0.1, 0.15) is 6.92 Å². The lowest BCUT2D eigenvalue weighted by molar-refractivity contribution is 0.150. The second kappa shape index (κ2) is 5.62. The van der Waals surface area contributed by atoms with Crippen LogP contribution in [-0.4, -0.2) is 33.4 Å². The van der Waals surface area contributed by atoms with Gasteiger partial charge in [-0.05, 0) is 6.54 Å². The number of aryl methyl sites for hydroxylation is 1. The van der Waals surface area contributed by atoms with Crippen molar-refractivity contribution >= 4 is 0 Å². The van der Waals surface area contributed by atoms with Gasteiger partial charge in [-0.25, -0.2) is 0 Å². The predicted molar refractivity (Wildman–Crippen MR) is 60.5 cm³/mol. The summed E-state index contributed by atoms with van der Waals surface area (Å²) in [5.41, 5.74) is -1.20. The SMILES string of the molecule is CCNCC(O)Cn1ccn(C)c(=O)c1=O. The summed E-state index contributed by atoms with van der Waals surface area (Å²) in [5.74, 6) is 0. The Balaban J connectivity index is 2.79. The van der Waals surface area contributed by atoms with E-state index in [1.807, 2.05) is 6.92 Å². The fraction of sp³-hybridized carbons (Fsp3) is 0.600. The van der Waals surface area contributed by atoms with Crippen LogP contribution in [0.5, 0.6) is 0 Å². The Morgan fingerprint density at radius 1 is 1.38 bits per heavy atom. The second-order valence-corrected chi connectivity index (χ2v) is 3.63. The van der Waals surface area contributed by atoms with Gasteiger partial charge in [0, 0.05) is 26.0 Å². The number of aliphatic hydroxyl groups excluding tert-OH is 1. The van der Waals surface area contributed by atoms with E-state index in [0.29, 0.717) is 6.54 Å². The molecule has 6 heteroatoms. The van der Waals surface area contributed by atoms with Gasteiger partial charge in [-0.15, -0.1) is 0 Å². The topological polar surface area (TPSA) is 76.3 Å². The molecule has 0 amide bonds. The molecule has 1 aromatic rings. The van der Waals surface area contributed by atoms with Crippen LogP contribution in [0.25, 0.3) is 0 Å². The normalized spacial score (nSPS) is 12.7. The van der Waals surface area contributed by atoms with E-state index in [-0.39, 0.29) is 6.54 Å². The van der Waals surface area contributed by atoms with Crippen molar-refractivity contribution in [1.29, 1.82) is 0 Å². The zero-order valence-corrected chi connectivity index (χ0v) is 9.51. The summed E-state index contributed by atoms with van der Waals surface area (Å²) < 4.78 is 2.44. The first-order valence-electron chi connectivity index (χ1n) is 5.21. The molecule has 0 aliphatic carbocycles. The predicted octanol–water partition coefficient (Wildman–Crippen LogP) is -1.48. The van der Waals surface area contributed by atoms with Gasteiger partial charge in [0.2, 0.25) is 0 Å². The van der Waals surface area contributed by atoms with E-state index in [1.54, 1.807) is 0 Å².